The van der Waals surface area contributed by atoms with Crippen LogP contribution in [0.25, 0.3) is 21.3 Å². The molecule has 0 spiro atoms. The molecule has 18 heavy (non-hydrogen) atoms. The number of hydrogen-bond donors (Lipinski definition) is 0. The number of aromatic nitrogens is 2. The highest BCUT2D eigenvalue weighted by Crippen LogP contribution is 2.32. The molecule has 0 amide bonds. The highest BCUT2D eigenvalue weighted by atomic mass is 32.1. The first kappa shape index (κ1) is 11.2. The Morgan fingerprint density at radius 1 is 1.06 bits per heavy atom. The van der Waals surface area contributed by atoms with Crippen LogP contribution in [0.4, 0.5) is 0 Å². The highest BCUT2D eigenvalue weighted by Gasteiger charge is 2.11. The maximum Gasteiger partial charge on any atom is 0.241 e. The van der Waals surface area contributed by atoms with Crippen molar-refractivity contribution in [3.63, 3.8) is 0 Å². The van der Waals surface area contributed by atoms with E-state index in [4.69, 9.17) is 4.74 Å². The fraction of sp³-hybridized carbons (Fsp3) is 0.143. The molecule has 0 N–H and O–H groups in total. The number of fused-ring (bicyclic) bond motifs is 1. The van der Waals surface area contributed by atoms with Gasteiger partial charge in [0.1, 0.15) is 5.69 Å². The van der Waals surface area contributed by atoms with Crippen molar-refractivity contribution >= 4 is 22.1 Å². The van der Waals surface area contributed by atoms with Gasteiger partial charge in [-0.05, 0) is 24.4 Å². The average molecular weight is 256 g/mol. The molecule has 1 aromatic carbocycles. The molecule has 0 unspecified atom stereocenters. The van der Waals surface area contributed by atoms with Crippen molar-refractivity contribution in [1.29, 1.82) is 0 Å². The summed E-state index contributed by atoms with van der Waals surface area (Å²) in [6.45, 7) is 2.54. The molecule has 2 heterocycles. The third-order valence-electron chi connectivity index (χ3n) is 2.69. The lowest BCUT2D eigenvalue weighted by molar-refractivity contribution is 0.327. The van der Waals surface area contributed by atoms with E-state index in [-0.39, 0.29) is 0 Å². The lowest BCUT2D eigenvalue weighted by atomic mass is 10.1. The third-order valence-corrected chi connectivity index (χ3v) is 3.57. The zero-order valence-electron chi connectivity index (χ0n) is 9.96. The van der Waals surface area contributed by atoms with Gasteiger partial charge < -0.3 is 4.74 Å². The Balaban J connectivity index is 2.26. The van der Waals surface area contributed by atoms with Gasteiger partial charge in [-0.2, -0.15) is 0 Å². The zero-order chi connectivity index (χ0) is 12.4. The fourth-order valence-corrected chi connectivity index (χ4v) is 2.64. The molecule has 0 saturated heterocycles. The Morgan fingerprint density at radius 2 is 1.89 bits per heavy atom. The van der Waals surface area contributed by atoms with Crippen molar-refractivity contribution in [2.45, 2.75) is 6.92 Å². The van der Waals surface area contributed by atoms with E-state index in [9.17, 15) is 0 Å². The Hall–Kier alpha value is -1.94. The van der Waals surface area contributed by atoms with Crippen molar-refractivity contribution in [2.24, 2.45) is 0 Å². The van der Waals surface area contributed by atoms with Crippen LogP contribution in [-0.4, -0.2) is 16.8 Å². The lowest BCUT2D eigenvalue weighted by Crippen LogP contribution is -1.98. The molecule has 0 fully saturated rings. The molecule has 3 nitrogen and oxygen atoms in total. The Labute approximate surface area is 109 Å². The molecule has 4 heteroatoms. The molecule has 2 aromatic heterocycles. The minimum Gasteiger partial charge on any atom is -0.476 e. The number of ether oxygens (including phenoxy) is 1. The molecule has 0 aliphatic rings. The van der Waals surface area contributed by atoms with Crippen LogP contribution in [0.2, 0.25) is 0 Å². The zero-order valence-corrected chi connectivity index (χ0v) is 10.8. The van der Waals surface area contributed by atoms with E-state index in [1.807, 2.05) is 36.6 Å². The largest absolute Gasteiger partial charge is 0.476 e. The van der Waals surface area contributed by atoms with Gasteiger partial charge in [-0.1, -0.05) is 24.3 Å². The van der Waals surface area contributed by atoms with Gasteiger partial charge in [-0.25, -0.2) is 0 Å². The molecule has 0 radical (unpaired) electrons. The van der Waals surface area contributed by atoms with E-state index in [0.29, 0.717) is 12.5 Å². The Morgan fingerprint density at radius 3 is 2.61 bits per heavy atom. The molecule has 0 aliphatic heterocycles. The molecule has 0 atom stereocenters. The predicted molar refractivity (Wildman–Crippen MR) is 74.0 cm³/mol. The van der Waals surface area contributed by atoms with E-state index in [1.54, 1.807) is 11.3 Å². The summed E-state index contributed by atoms with van der Waals surface area (Å²) in [5.74, 6) is 0.605. The van der Waals surface area contributed by atoms with Crippen LogP contribution in [0.5, 0.6) is 5.88 Å². The van der Waals surface area contributed by atoms with E-state index >= 15 is 0 Å². The topological polar surface area (TPSA) is 35.0 Å². The Kier molecular flexibility index (Phi) is 2.94. The van der Waals surface area contributed by atoms with E-state index in [0.717, 1.165) is 21.3 Å². The quantitative estimate of drug-likeness (QED) is 0.715. The summed E-state index contributed by atoms with van der Waals surface area (Å²) in [6.07, 6.45) is 0. The van der Waals surface area contributed by atoms with Crippen molar-refractivity contribution in [3.8, 4) is 16.5 Å². The smallest absolute Gasteiger partial charge is 0.241 e. The van der Waals surface area contributed by atoms with Crippen LogP contribution in [0.3, 0.4) is 0 Å². The van der Waals surface area contributed by atoms with Crippen LogP contribution < -0.4 is 4.74 Å². The normalized spacial score (nSPS) is 10.7. The number of rotatable bonds is 3. The first-order valence-electron chi connectivity index (χ1n) is 5.82. The summed E-state index contributed by atoms with van der Waals surface area (Å²) in [5.41, 5.74) is 0.920. The molecule has 3 rings (SSSR count). The first-order valence-corrected chi connectivity index (χ1v) is 6.70. The van der Waals surface area contributed by atoms with Gasteiger partial charge in [-0.15, -0.1) is 21.5 Å². The molecule has 0 saturated carbocycles. The van der Waals surface area contributed by atoms with Crippen molar-refractivity contribution in [3.05, 3.63) is 41.8 Å². The van der Waals surface area contributed by atoms with Gasteiger partial charge in [0.25, 0.3) is 0 Å². The maximum atomic E-state index is 5.52. The van der Waals surface area contributed by atoms with Crippen LogP contribution in [0.1, 0.15) is 6.92 Å². The molecule has 0 bridgehead atoms. The van der Waals surface area contributed by atoms with Crippen molar-refractivity contribution in [2.75, 3.05) is 6.61 Å². The summed E-state index contributed by atoms with van der Waals surface area (Å²) in [6, 6.07) is 12.2. The molecular formula is C14H12N2OS. The molecular weight excluding hydrogens is 244 g/mol. The number of benzene rings is 1. The van der Waals surface area contributed by atoms with Crippen LogP contribution in [-0.2, 0) is 0 Å². The lowest BCUT2D eigenvalue weighted by Gasteiger charge is -2.07. The summed E-state index contributed by atoms with van der Waals surface area (Å²) < 4.78 is 5.52. The summed E-state index contributed by atoms with van der Waals surface area (Å²) >= 11 is 1.67. The predicted octanol–water partition coefficient (Wildman–Crippen LogP) is 3.76. The number of nitrogens with zero attached hydrogens (tertiary/aromatic N) is 2. The van der Waals surface area contributed by atoms with Crippen molar-refractivity contribution in [1.82, 2.24) is 10.2 Å². The van der Waals surface area contributed by atoms with Crippen LogP contribution in [0, 0.1) is 0 Å². The van der Waals surface area contributed by atoms with Gasteiger partial charge in [0.2, 0.25) is 5.88 Å². The second-order valence-corrected chi connectivity index (χ2v) is 4.76. The SMILES string of the molecule is CCOc1nnc(-c2cccs2)c2ccccc12. The molecule has 90 valence electrons. The van der Waals surface area contributed by atoms with Crippen molar-refractivity contribution < 1.29 is 4.74 Å². The van der Waals surface area contributed by atoms with Crippen LogP contribution >= 0.6 is 11.3 Å². The highest BCUT2D eigenvalue weighted by molar-refractivity contribution is 7.13. The van der Waals surface area contributed by atoms with Gasteiger partial charge in [0, 0.05) is 10.8 Å². The molecule has 0 aliphatic carbocycles. The van der Waals surface area contributed by atoms with E-state index in [1.165, 1.54) is 0 Å². The monoisotopic (exact) mass is 256 g/mol. The minimum atomic E-state index is 0.594. The van der Waals surface area contributed by atoms with Gasteiger partial charge in [-0.3, -0.25) is 0 Å². The number of hydrogen-bond acceptors (Lipinski definition) is 4. The number of thiophene rings is 1. The van der Waals surface area contributed by atoms with Gasteiger partial charge in [0.05, 0.1) is 11.5 Å². The fourth-order valence-electron chi connectivity index (χ4n) is 1.92. The first-order chi connectivity index (χ1) is 8.90. The summed E-state index contributed by atoms with van der Waals surface area (Å²) in [7, 11) is 0. The van der Waals surface area contributed by atoms with Gasteiger partial charge in [0.15, 0.2) is 0 Å². The summed E-state index contributed by atoms with van der Waals surface area (Å²) in [4.78, 5) is 1.13. The Bertz CT molecular complexity index is 665. The minimum absolute atomic E-state index is 0.594. The summed E-state index contributed by atoms with van der Waals surface area (Å²) in [5, 5.41) is 12.6. The van der Waals surface area contributed by atoms with Crippen LogP contribution in [0.15, 0.2) is 41.8 Å². The second kappa shape index (κ2) is 4.74. The van der Waals surface area contributed by atoms with E-state index < -0.39 is 0 Å². The standard InChI is InChI=1S/C14H12N2OS/c1-2-17-14-11-7-4-3-6-10(11)13(15-16-14)12-8-5-9-18-12/h3-9H,2H2,1H3. The maximum absolute atomic E-state index is 5.52. The third kappa shape index (κ3) is 1.84. The second-order valence-electron chi connectivity index (χ2n) is 3.81. The molecule has 3 aromatic rings. The van der Waals surface area contributed by atoms with E-state index in [2.05, 4.69) is 22.3 Å². The van der Waals surface area contributed by atoms with Gasteiger partial charge >= 0.3 is 0 Å². The average Bonchev–Trinajstić information content (AvgIpc) is 2.93.